The Morgan fingerprint density at radius 2 is 2.27 bits per heavy atom. The van der Waals surface area contributed by atoms with E-state index in [1.165, 1.54) is 0 Å². The molecule has 0 fully saturated rings. The van der Waals surface area contributed by atoms with Crippen LogP contribution >= 0.6 is 0 Å². The molecule has 1 heterocycles. The van der Waals surface area contributed by atoms with Crippen molar-refractivity contribution in [3.63, 3.8) is 0 Å². The lowest BCUT2D eigenvalue weighted by molar-refractivity contribution is 0.112. The monoisotopic (exact) mass is 203 g/mol. The molecule has 0 saturated heterocycles. The Bertz CT molecular complexity index is 543. The van der Waals surface area contributed by atoms with Gasteiger partial charge in [0, 0.05) is 16.5 Å². The van der Waals surface area contributed by atoms with E-state index < -0.39 is 0 Å². The summed E-state index contributed by atoms with van der Waals surface area (Å²) in [6, 6.07) is 6.97. The number of carbonyl (C=O) groups is 1. The van der Waals surface area contributed by atoms with Crippen LogP contribution in [0, 0.1) is 0 Å². The highest BCUT2D eigenvalue weighted by molar-refractivity contribution is 6.00. The Morgan fingerprint density at radius 1 is 1.47 bits per heavy atom. The van der Waals surface area contributed by atoms with Gasteiger partial charge >= 0.3 is 0 Å². The van der Waals surface area contributed by atoms with Crippen LogP contribution in [0.1, 0.15) is 16.1 Å². The number of nitrogens with two attached hydrogens (primary N) is 1. The van der Waals surface area contributed by atoms with Crippen molar-refractivity contribution in [2.45, 2.75) is 0 Å². The van der Waals surface area contributed by atoms with Gasteiger partial charge in [0.2, 0.25) is 0 Å². The lowest BCUT2D eigenvalue weighted by Crippen LogP contribution is -2.12. The van der Waals surface area contributed by atoms with E-state index in [-0.39, 0.29) is 5.84 Å². The topological polar surface area (TPSA) is 91.5 Å². The molecule has 1 aromatic carbocycles. The SMILES string of the molecule is N/C(=N/O)c1ccc2cc(C=O)[nH]c2c1. The minimum absolute atomic E-state index is 0.0409. The number of hydrogen-bond donors (Lipinski definition) is 3. The molecule has 0 radical (unpaired) electrons. The lowest BCUT2D eigenvalue weighted by atomic mass is 10.1. The van der Waals surface area contributed by atoms with Crippen molar-refractivity contribution in [1.29, 1.82) is 0 Å². The first-order chi connectivity index (χ1) is 7.24. The predicted octanol–water partition coefficient (Wildman–Crippen LogP) is 1.07. The summed E-state index contributed by atoms with van der Waals surface area (Å²) in [4.78, 5) is 13.4. The third-order valence-corrected chi connectivity index (χ3v) is 2.17. The molecule has 4 N–H and O–H groups in total. The van der Waals surface area contributed by atoms with Gasteiger partial charge in [-0.3, -0.25) is 4.79 Å². The Labute approximate surface area is 85.2 Å². The number of aromatic amines is 1. The fourth-order valence-corrected chi connectivity index (χ4v) is 1.43. The summed E-state index contributed by atoms with van der Waals surface area (Å²) in [5, 5.41) is 12.3. The zero-order valence-corrected chi connectivity index (χ0v) is 7.77. The van der Waals surface area contributed by atoms with Crippen molar-refractivity contribution >= 4 is 23.0 Å². The van der Waals surface area contributed by atoms with E-state index in [0.29, 0.717) is 11.3 Å². The first kappa shape index (κ1) is 9.26. The quantitative estimate of drug-likeness (QED) is 0.224. The molecule has 0 amide bonds. The molecule has 0 unspecified atom stereocenters. The zero-order chi connectivity index (χ0) is 10.8. The maximum atomic E-state index is 10.5. The second kappa shape index (κ2) is 3.45. The summed E-state index contributed by atoms with van der Waals surface area (Å²) >= 11 is 0. The highest BCUT2D eigenvalue weighted by Gasteiger charge is 2.03. The number of benzene rings is 1. The van der Waals surface area contributed by atoms with E-state index in [1.807, 2.05) is 0 Å². The van der Waals surface area contributed by atoms with Gasteiger partial charge in [-0.15, -0.1) is 0 Å². The van der Waals surface area contributed by atoms with Crippen LogP contribution in [0.15, 0.2) is 29.4 Å². The maximum Gasteiger partial charge on any atom is 0.170 e. The van der Waals surface area contributed by atoms with Crippen molar-refractivity contribution in [3.8, 4) is 0 Å². The molecule has 0 aliphatic heterocycles. The van der Waals surface area contributed by atoms with Gasteiger partial charge in [0.05, 0.1) is 5.69 Å². The van der Waals surface area contributed by atoms with Crippen molar-refractivity contribution in [1.82, 2.24) is 4.98 Å². The predicted molar refractivity (Wildman–Crippen MR) is 56.2 cm³/mol. The number of fused-ring (bicyclic) bond motifs is 1. The summed E-state index contributed by atoms with van der Waals surface area (Å²) in [6.07, 6.45) is 0.739. The normalized spacial score (nSPS) is 11.9. The number of hydrogen-bond acceptors (Lipinski definition) is 3. The number of aromatic nitrogens is 1. The van der Waals surface area contributed by atoms with E-state index in [2.05, 4.69) is 10.1 Å². The lowest BCUT2D eigenvalue weighted by Gasteiger charge is -1.97. The van der Waals surface area contributed by atoms with Gasteiger partial charge in [0.1, 0.15) is 0 Å². The minimum atomic E-state index is 0.0409. The van der Waals surface area contributed by atoms with Crippen LogP contribution in [-0.4, -0.2) is 22.3 Å². The number of aldehydes is 1. The van der Waals surface area contributed by atoms with Crippen LogP contribution in [0.4, 0.5) is 0 Å². The first-order valence-corrected chi connectivity index (χ1v) is 4.30. The van der Waals surface area contributed by atoms with Crippen molar-refractivity contribution in [3.05, 3.63) is 35.5 Å². The Hall–Kier alpha value is -2.30. The van der Waals surface area contributed by atoms with Crippen molar-refractivity contribution < 1.29 is 10.0 Å². The summed E-state index contributed by atoms with van der Waals surface area (Å²) in [5.41, 5.74) is 7.32. The average Bonchev–Trinajstić information content (AvgIpc) is 2.69. The second-order valence-corrected chi connectivity index (χ2v) is 3.13. The number of nitrogens with zero attached hydrogens (tertiary/aromatic N) is 1. The van der Waals surface area contributed by atoms with E-state index >= 15 is 0 Å². The molecule has 0 bridgehead atoms. The van der Waals surface area contributed by atoms with Gasteiger partial charge in [-0.25, -0.2) is 0 Å². The maximum absolute atomic E-state index is 10.5. The standard InChI is InChI=1S/C10H9N3O2/c11-10(13-15)7-2-1-6-3-8(5-14)12-9(6)4-7/h1-5,12,15H,(H2,11,13). The van der Waals surface area contributed by atoms with Crippen LogP contribution in [0.5, 0.6) is 0 Å². The Kier molecular flexibility index (Phi) is 2.13. The number of rotatable bonds is 2. The number of nitrogens with one attached hydrogen (secondary N) is 1. The third kappa shape index (κ3) is 1.54. The largest absolute Gasteiger partial charge is 0.409 e. The molecule has 0 saturated carbocycles. The molecule has 2 rings (SSSR count). The fraction of sp³-hybridized carbons (Fsp3) is 0. The molecule has 1 aromatic heterocycles. The smallest absolute Gasteiger partial charge is 0.170 e. The van der Waals surface area contributed by atoms with Gasteiger partial charge in [-0.2, -0.15) is 0 Å². The number of carbonyl (C=O) groups excluding carboxylic acids is 1. The van der Waals surface area contributed by atoms with Crippen molar-refractivity contribution in [2.24, 2.45) is 10.9 Å². The highest BCUT2D eigenvalue weighted by Crippen LogP contribution is 2.16. The van der Waals surface area contributed by atoms with E-state index in [1.54, 1.807) is 24.3 Å². The molecule has 2 aromatic rings. The third-order valence-electron chi connectivity index (χ3n) is 2.17. The summed E-state index contributed by atoms with van der Waals surface area (Å²) in [5.74, 6) is 0.0409. The molecule has 5 nitrogen and oxygen atoms in total. The van der Waals surface area contributed by atoms with E-state index in [9.17, 15) is 4.79 Å². The molecular formula is C10H9N3O2. The van der Waals surface area contributed by atoms with Crippen LogP contribution in [0.25, 0.3) is 10.9 Å². The highest BCUT2D eigenvalue weighted by atomic mass is 16.4. The summed E-state index contributed by atoms with van der Waals surface area (Å²) in [7, 11) is 0. The zero-order valence-electron chi connectivity index (χ0n) is 7.77. The minimum Gasteiger partial charge on any atom is -0.409 e. The molecule has 0 spiro atoms. The van der Waals surface area contributed by atoms with Crippen LogP contribution in [-0.2, 0) is 0 Å². The van der Waals surface area contributed by atoms with Crippen LogP contribution < -0.4 is 5.73 Å². The summed E-state index contributed by atoms with van der Waals surface area (Å²) < 4.78 is 0. The van der Waals surface area contributed by atoms with Gasteiger partial charge in [0.25, 0.3) is 0 Å². The first-order valence-electron chi connectivity index (χ1n) is 4.30. The molecule has 5 heteroatoms. The molecule has 15 heavy (non-hydrogen) atoms. The van der Waals surface area contributed by atoms with Gasteiger partial charge in [-0.1, -0.05) is 17.3 Å². The van der Waals surface area contributed by atoms with Crippen LogP contribution in [0.3, 0.4) is 0 Å². The van der Waals surface area contributed by atoms with E-state index in [0.717, 1.165) is 17.2 Å². The number of amidine groups is 1. The molecule has 76 valence electrons. The number of oxime groups is 1. The molecular weight excluding hydrogens is 194 g/mol. The molecule has 0 atom stereocenters. The van der Waals surface area contributed by atoms with Crippen LogP contribution in [0.2, 0.25) is 0 Å². The van der Waals surface area contributed by atoms with Gasteiger partial charge in [-0.05, 0) is 12.1 Å². The molecule has 0 aliphatic rings. The summed E-state index contributed by atoms with van der Waals surface area (Å²) in [6.45, 7) is 0. The fourth-order valence-electron chi connectivity index (χ4n) is 1.43. The van der Waals surface area contributed by atoms with Gasteiger partial charge < -0.3 is 15.9 Å². The molecule has 0 aliphatic carbocycles. The Balaban J connectivity index is 2.60. The van der Waals surface area contributed by atoms with Crippen molar-refractivity contribution in [2.75, 3.05) is 0 Å². The average molecular weight is 203 g/mol. The second-order valence-electron chi connectivity index (χ2n) is 3.13. The Morgan fingerprint density at radius 3 is 2.93 bits per heavy atom. The van der Waals surface area contributed by atoms with Gasteiger partial charge in [0.15, 0.2) is 12.1 Å². The van der Waals surface area contributed by atoms with E-state index in [4.69, 9.17) is 10.9 Å². The number of H-pyrrole nitrogens is 1.